The summed E-state index contributed by atoms with van der Waals surface area (Å²) in [7, 11) is -3.49. The van der Waals surface area contributed by atoms with E-state index in [2.05, 4.69) is 4.72 Å². The highest BCUT2D eigenvalue weighted by atomic mass is 32.2. The van der Waals surface area contributed by atoms with Crippen molar-refractivity contribution < 1.29 is 13.2 Å². The van der Waals surface area contributed by atoms with Crippen LogP contribution in [0.25, 0.3) is 0 Å². The lowest BCUT2D eigenvalue weighted by Gasteiger charge is -2.36. The first-order valence-electron chi connectivity index (χ1n) is 8.07. The van der Waals surface area contributed by atoms with Gasteiger partial charge in [0, 0.05) is 25.7 Å². The normalized spacial score (nSPS) is 26.7. The Kier molecular flexibility index (Phi) is 4.66. The van der Waals surface area contributed by atoms with E-state index < -0.39 is 10.0 Å². The van der Waals surface area contributed by atoms with Gasteiger partial charge in [0.15, 0.2) is 0 Å². The Balaban J connectivity index is 1.73. The highest BCUT2D eigenvalue weighted by Crippen LogP contribution is 2.39. The van der Waals surface area contributed by atoms with E-state index in [1.54, 1.807) is 22.4 Å². The molecule has 128 valence electrons. The van der Waals surface area contributed by atoms with Crippen molar-refractivity contribution in [2.75, 3.05) is 19.6 Å². The second-order valence-corrected chi connectivity index (χ2v) is 9.06. The van der Waals surface area contributed by atoms with Crippen LogP contribution >= 0.6 is 11.3 Å². The topological polar surface area (TPSA) is 69.7 Å². The van der Waals surface area contributed by atoms with E-state index in [0.29, 0.717) is 23.2 Å². The van der Waals surface area contributed by atoms with Gasteiger partial charge in [-0.25, -0.2) is 17.9 Å². The molecule has 8 heteroatoms. The van der Waals surface area contributed by atoms with Crippen molar-refractivity contribution in [1.82, 2.24) is 14.5 Å². The zero-order valence-electron chi connectivity index (χ0n) is 13.4. The van der Waals surface area contributed by atoms with E-state index in [4.69, 9.17) is 0 Å². The van der Waals surface area contributed by atoms with Crippen molar-refractivity contribution in [3.8, 4) is 0 Å². The number of sulfonamides is 1. The molecule has 0 radical (unpaired) electrons. The van der Waals surface area contributed by atoms with Crippen LogP contribution in [0.4, 0.5) is 4.79 Å². The maximum atomic E-state index is 12.6. The number of piperidine rings is 1. The molecule has 1 aliphatic carbocycles. The molecule has 2 amide bonds. The molecule has 1 aromatic rings. The van der Waals surface area contributed by atoms with Gasteiger partial charge in [0.05, 0.1) is 6.04 Å². The number of hydrogen-bond acceptors (Lipinski definition) is 4. The fourth-order valence-corrected chi connectivity index (χ4v) is 6.01. The van der Waals surface area contributed by atoms with Crippen LogP contribution in [0.1, 0.15) is 26.7 Å². The standard InChI is InChI=1S/C15H23N3O3S2/c1-3-17(4-2)15(19)18-10-11-8-12(13(18)9-11)16-23(20,21)14-6-5-7-22-14/h5-7,11-13,16H,3-4,8-10H2,1-2H3/t11-,12+,13-/m1/s1. The van der Waals surface area contributed by atoms with E-state index in [1.807, 2.05) is 18.7 Å². The van der Waals surface area contributed by atoms with Gasteiger partial charge in [-0.05, 0) is 44.1 Å². The third kappa shape index (κ3) is 3.12. The van der Waals surface area contributed by atoms with Gasteiger partial charge in [-0.3, -0.25) is 0 Å². The van der Waals surface area contributed by atoms with Crippen LogP contribution < -0.4 is 4.72 Å². The minimum Gasteiger partial charge on any atom is -0.325 e. The smallest absolute Gasteiger partial charge is 0.320 e. The number of thiophene rings is 1. The van der Waals surface area contributed by atoms with Crippen molar-refractivity contribution in [2.24, 2.45) is 5.92 Å². The lowest BCUT2D eigenvalue weighted by molar-refractivity contribution is 0.135. The predicted octanol–water partition coefficient (Wildman–Crippen LogP) is 1.95. The molecule has 2 aliphatic rings. The molecule has 1 aromatic heterocycles. The summed E-state index contributed by atoms with van der Waals surface area (Å²) in [6.45, 7) is 6.03. The van der Waals surface area contributed by atoms with E-state index in [-0.39, 0.29) is 18.1 Å². The van der Waals surface area contributed by atoms with Gasteiger partial charge < -0.3 is 9.80 Å². The van der Waals surface area contributed by atoms with Gasteiger partial charge in [0.25, 0.3) is 0 Å². The average Bonchev–Trinajstić information content (AvgIpc) is 3.24. The fourth-order valence-electron chi connectivity index (χ4n) is 3.72. The second-order valence-electron chi connectivity index (χ2n) is 6.17. The molecule has 0 aromatic carbocycles. The Labute approximate surface area is 141 Å². The van der Waals surface area contributed by atoms with Crippen molar-refractivity contribution in [3.05, 3.63) is 17.5 Å². The summed E-state index contributed by atoms with van der Waals surface area (Å²) in [5.74, 6) is 0.399. The number of nitrogens with zero attached hydrogens (tertiary/aromatic N) is 2. The molecule has 2 heterocycles. The van der Waals surface area contributed by atoms with Gasteiger partial charge in [-0.15, -0.1) is 11.3 Å². The maximum Gasteiger partial charge on any atom is 0.320 e. The summed E-state index contributed by atoms with van der Waals surface area (Å²) < 4.78 is 28.0. The summed E-state index contributed by atoms with van der Waals surface area (Å²) in [6, 6.07) is 3.17. The number of carbonyl (C=O) groups excluding carboxylic acids is 1. The predicted molar refractivity (Wildman–Crippen MR) is 90.0 cm³/mol. The molecule has 1 aliphatic heterocycles. The van der Waals surface area contributed by atoms with E-state index in [9.17, 15) is 13.2 Å². The lowest BCUT2D eigenvalue weighted by atomic mass is 10.1. The first-order valence-corrected chi connectivity index (χ1v) is 10.4. The van der Waals surface area contributed by atoms with Crippen molar-refractivity contribution in [1.29, 1.82) is 0 Å². The highest BCUT2D eigenvalue weighted by molar-refractivity contribution is 7.91. The molecule has 6 nitrogen and oxygen atoms in total. The van der Waals surface area contributed by atoms with Crippen LogP contribution in [0.15, 0.2) is 21.7 Å². The van der Waals surface area contributed by atoms with Gasteiger partial charge in [-0.1, -0.05) is 6.07 Å². The second kappa shape index (κ2) is 6.41. The summed E-state index contributed by atoms with van der Waals surface area (Å²) in [5.41, 5.74) is 0. The van der Waals surface area contributed by atoms with E-state index >= 15 is 0 Å². The van der Waals surface area contributed by atoms with Crippen LogP contribution in [-0.2, 0) is 10.0 Å². The third-order valence-corrected chi connectivity index (χ3v) is 7.72. The van der Waals surface area contributed by atoms with Crippen molar-refractivity contribution in [2.45, 2.75) is 43.0 Å². The Morgan fingerprint density at radius 1 is 1.39 bits per heavy atom. The van der Waals surface area contributed by atoms with Gasteiger partial charge in [0.2, 0.25) is 10.0 Å². The fraction of sp³-hybridized carbons (Fsp3) is 0.667. The number of carbonyl (C=O) groups is 1. The van der Waals surface area contributed by atoms with Crippen molar-refractivity contribution in [3.63, 3.8) is 0 Å². The summed E-state index contributed by atoms with van der Waals surface area (Å²) in [4.78, 5) is 16.3. The van der Waals surface area contributed by atoms with Crippen LogP contribution in [0.5, 0.6) is 0 Å². The number of amides is 2. The number of urea groups is 1. The third-order valence-electron chi connectivity index (χ3n) is 4.83. The van der Waals surface area contributed by atoms with Gasteiger partial charge >= 0.3 is 6.03 Å². The lowest BCUT2D eigenvalue weighted by Crippen LogP contribution is -2.55. The number of fused-ring (bicyclic) bond motifs is 2. The molecule has 2 bridgehead atoms. The van der Waals surface area contributed by atoms with E-state index in [1.165, 1.54) is 11.3 Å². The monoisotopic (exact) mass is 357 g/mol. The quantitative estimate of drug-likeness (QED) is 0.876. The molecule has 1 saturated heterocycles. The number of hydrogen-bond donors (Lipinski definition) is 1. The molecule has 0 unspecified atom stereocenters. The SMILES string of the molecule is CCN(CC)C(=O)N1C[C@@H]2C[C@H](NS(=O)(=O)c3cccs3)[C@H]1C2. The molecule has 23 heavy (non-hydrogen) atoms. The Morgan fingerprint density at radius 3 is 2.70 bits per heavy atom. The zero-order valence-corrected chi connectivity index (χ0v) is 15.1. The van der Waals surface area contributed by atoms with Crippen LogP contribution in [0, 0.1) is 5.92 Å². The van der Waals surface area contributed by atoms with E-state index in [0.717, 1.165) is 19.4 Å². The minimum atomic E-state index is -3.49. The molecule has 3 atom stereocenters. The number of rotatable bonds is 5. The zero-order chi connectivity index (χ0) is 16.6. The number of nitrogens with one attached hydrogen (secondary N) is 1. The minimum absolute atomic E-state index is 0.0252. The highest BCUT2D eigenvalue weighted by Gasteiger charge is 2.48. The molecule has 0 spiro atoms. The summed E-state index contributed by atoms with van der Waals surface area (Å²) >= 11 is 1.21. The first kappa shape index (κ1) is 16.7. The molecular weight excluding hydrogens is 334 g/mol. The Hall–Kier alpha value is -1.12. The molecule has 2 fully saturated rings. The van der Waals surface area contributed by atoms with Gasteiger partial charge in [0.1, 0.15) is 4.21 Å². The summed E-state index contributed by atoms with van der Waals surface area (Å²) in [6.07, 6.45) is 1.71. The molecule has 1 N–H and O–H groups in total. The van der Waals surface area contributed by atoms with Crippen LogP contribution in [0.2, 0.25) is 0 Å². The average molecular weight is 358 g/mol. The molecular formula is C15H23N3O3S2. The number of likely N-dealkylation sites (tertiary alicyclic amines) is 1. The van der Waals surface area contributed by atoms with Crippen LogP contribution in [0.3, 0.4) is 0 Å². The Morgan fingerprint density at radius 2 is 2.13 bits per heavy atom. The first-order chi connectivity index (χ1) is 11.0. The summed E-state index contributed by atoms with van der Waals surface area (Å²) in [5, 5.41) is 1.76. The largest absolute Gasteiger partial charge is 0.325 e. The van der Waals surface area contributed by atoms with Crippen molar-refractivity contribution >= 4 is 27.4 Å². The molecule has 3 rings (SSSR count). The maximum absolute atomic E-state index is 12.6. The molecule has 1 saturated carbocycles. The van der Waals surface area contributed by atoms with Gasteiger partial charge in [-0.2, -0.15) is 0 Å². The Bertz CT molecular complexity index is 656. The van der Waals surface area contributed by atoms with Crippen LogP contribution in [-0.4, -0.2) is 56.0 Å².